The Hall–Kier alpha value is -2.77. The van der Waals surface area contributed by atoms with Gasteiger partial charge in [0, 0.05) is 30.9 Å². The van der Waals surface area contributed by atoms with E-state index < -0.39 is 0 Å². The molecule has 2 aromatic rings. The fraction of sp³-hybridized carbons (Fsp3) is 0.500. The molecule has 0 bridgehead atoms. The molecule has 8 nitrogen and oxygen atoms in total. The third kappa shape index (κ3) is 4.65. The van der Waals surface area contributed by atoms with Crippen LogP contribution in [0.4, 0.5) is 17.5 Å². The topological polar surface area (TPSA) is 81.6 Å². The molecular weight excluding hydrogens is 334 g/mol. The van der Waals surface area contributed by atoms with E-state index >= 15 is 0 Å². The molecule has 0 radical (unpaired) electrons. The van der Waals surface area contributed by atoms with Crippen LogP contribution in [0.2, 0.25) is 0 Å². The Bertz CT molecular complexity index is 680. The van der Waals surface area contributed by atoms with Gasteiger partial charge in [0.2, 0.25) is 11.7 Å². The van der Waals surface area contributed by atoms with E-state index in [9.17, 15) is 0 Å². The zero-order valence-corrected chi connectivity index (χ0v) is 16.1. The Morgan fingerprint density at radius 3 is 2.08 bits per heavy atom. The highest BCUT2D eigenvalue weighted by Crippen LogP contribution is 2.40. The molecule has 8 heteroatoms. The van der Waals surface area contributed by atoms with Gasteiger partial charge < -0.3 is 24.4 Å². The quantitative estimate of drug-likeness (QED) is 0.690. The average molecular weight is 361 g/mol. The van der Waals surface area contributed by atoms with Crippen molar-refractivity contribution >= 4 is 17.5 Å². The first-order valence-corrected chi connectivity index (χ1v) is 8.68. The summed E-state index contributed by atoms with van der Waals surface area (Å²) in [6.45, 7) is 6.05. The van der Waals surface area contributed by atoms with E-state index in [0.29, 0.717) is 29.0 Å². The van der Waals surface area contributed by atoms with Crippen molar-refractivity contribution < 1.29 is 14.2 Å². The largest absolute Gasteiger partial charge is 0.493 e. The molecule has 0 spiro atoms. The third-order valence-corrected chi connectivity index (χ3v) is 3.75. The van der Waals surface area contributed by atoms with Crippen LogP contribution in [-0.2, 0) is 0 Å². The zero-order chi connectivity index (χ0) is 18.9. The number of hydrogen-bond acceptors (Lipinski definition) is 8. The van der Waals surface area contributed by atoms with Gasteiger partial charge >= 0.3 is 0 Å². The lowest BCUT2D eigenvalue weighted by Gasteiger charge is -2.21. The molecule has 0 unspecified atom stereocenters. The van der Waals surface area contributed by atoms with Crippen molar-refractivity contribution in [3.63, 3.8) is 0 Å². The number of nitrogens with one attached hydrogen (secondary N) is 1. The summed E-state index contributed by atoms with van der Waals surface area (Å²) >= 11 is 0. The Morgan fingerprint density at radius 1 is 0.962 bits per heavy atom. The number of ether oxygens (including phenoxy) is 3. The molecule has 1 heterocycles. The van der Waals surface area contributed by atoms with Crippen molar-refractivity contribution in [1.82, 2.24) is 15.2 Å². The van der Waals surface area contributed by atoms with Gasteiger partial charge in [0.1, 0.15) is 0 Å². The summed E-state index contributed by atoms with van der Waals surface area (Å²) in [6, 6.07) is 3.64. The van der Waals surface area contributed by atoms with Gasteiger partial charge in [-0.15, -0.1) is 5.10 Å². The second-order valence-corrected chi connectivity index (χ2v) is 5.67. The number of nitrogens with zero attached hydrogens (tertiary/aromatic N) is 4. The summed E-state index contributed by atoms with van der Waals surface area (Å²) in [6.07, 6.45) is 3.63. The highest BCUT2D eigenvalue weighted by Gasteiger charge is 2.14. The first kappa shape index (κ1) is 19.6. The zero-order valence-electron chi connectivity index (χ0n) is 16.1. The molecule has 0 amide bonds. The van der Waals surface area contributed by atoms with E-state index in [4.69, 9.17) is 14.2 Å². The highest BCUT2D eigenvalue weighted by atomic mass is 16.5. The van der Waals surface area contributed by atoms with Crippen molar-refractivity contribution in [2.24, 2.45) is 0 Å². The van der Waals surface area contributed by atoms with Crippen LogP contribution in [0.1, 0.15) is 26.7 Å². The molecule has 142 valence electrons. The predicted octanol–water partition coefficient (Wildman–Crippen LogP) is 3.27. The number of aromatic nitrogens is 3. The lowest BCUT2D eigenvalue weighted by atomic mass is 10.2. The Kier molecular flexibility index (Phi) is 7.25. The van der Waals surface area contributed by atoms with Crippen molar-refractivity contribution in [2.75, 3.05) is 44.6 Å². The molecule has 1 aromatic carbocycles. The van der Waals surface area contributed by atoms with E-state index in [1.165, 1.54) is 0 Å². The van der Waals surface area contributed by atoms with Crippen LogP contribution in [0, 0.1) is 0 Å². The van der Waals surface area contributed by atoms with E-state index in [2.05, 4.69) is 39.2 Å². The Labute approximate surface area is 154 Å². The van der Waals surface area contributed by atoms with E-state index in [0.717, 1.165) is 31.6 Å². The summed E-state index contributed by atoms with van der Waals surface area (Å²) in [4.78, 5) is 6.72. The highest BCUT2D eigenvalue weighted by molar-refractivity contribution is 5.66. The molecule has 0 aliphatic heterocycles. The van der Waals surface area contributed by atoms with Crippen LogP contribution in [-0.4, -0.2) is 49.6 Å². The second kappa shape index (κ2) is 9.65. The minimum Gasteiger partial charge on any atom is -0.493 e. The van der Waals surface area contributed by atoms with Gasteiger partial charge in [0.25, 0.3) is 0 Å². The van der Waals surface area contributed by atoms with E-state index in [1.807, 2.05) is 12.1 Å². The van der Waals surface area contributed by atoms with Crippen LogP contribution < -0.4 is 24.4 Å². The minimum atomic E-state index is 0.541. The van der Waals surface area contributed by atoms with E-state index in [1.54, 1.807) is 27.5 Å². The Morgan fingerprint density at radius 2 is 1.58 bits per heavy atom. The van der Waals surface area contributed by atoms with Gasteiger partial charge in [-0.3, -0.25) is 0 Å². The lowest BCUT2D eigenvalue weighted by molar-refractivity contribution is 0.324. The average Bonchev–Trinajstić information content (AvgIpc) is 2.67. The van der Waals surface area contributed by atoms with Crippen molar-refractivity contribution in [1.29, 1.82) is 0 Å². The molecular formula is C18H27N5O3. The van der Waals surface area contributed by atoms with Crippen molar-refractivity contribution in [3.8, 4) is 17.2 Å². The number of hydrogen-bond donors (Lipinski definition) is 1. The van der Waals surface area contributed by atoms with Gasteiger partial charge in [-0.1, -0.05) is 13.8 Å². The minimum absolute atomic E-state index is 0.541. The predicted molar refractivity (Wildman–Crippen MR) is 102 cm³/mol. The van der Waals surface area contributed by atoms with Crippen molar-refractivity contribution in [3.05, 3.63) is 18.3 Å². The maximum absolute atomic E-state index is 5.38. The standard InChI is InChI=1S/C18H27N5O3/c1-6-8-23(9-7-2)18-21-16(12-19-22-18)20-13-10-14(24-3)17(26-5)15(11-13)25-4/h10-12H,6-9H2,1-5H3,(H,20,21,22). The molecule has 0 atom stereocenters. The van der Waals surface area contributed by atoms with Crippen LogP contribution in [0.5, 0.6) is 17.2 Å². The fourth-order valence-electron chi connectivity index (χ4n) is 2.64. The van der Waals surface area contributed by atoms with Gasteiger partial charge in [-0.2, -0.15) is 10.1 Å². The number of benzene rings is 1. The molecule has 0 aliphatic rings. The fourth-order valence-corrected chi connectivity index (χ4v) is 2.64. The SMILES string of the molecule is CCCN(CCC)c1nncc(Nc2cc(OC)c(OC)c(OC)c2)n1. The number of rotatable bonds is 10. The molecule has 26 heavy (non-hydrogen) atoms. The van der Waals surface area contributed by atoms with Gasteiger partial charge in [-0.05, 0) is 12.8 Å². The van der Waals surface area contributed by atoms with Gasteiger partial charge in [-0.25, -0.2) is 0 Å². The number of methoxy groups -OCH3 is 3. The smallest absolute Gasteiger partial charge is 0.247 e. The lowest BCUT2D eigenvalue weighted by Crippen LogP contribution is -2.27. The first-order valence-electron chi connectivity index (χ1n) is 8.68. The number of anilines is 3. The summed E-state index contributed by atoms with van der Waals surface area (Å²) in [5, 5.41) is 11.5. The molecule has 1 aromatic heterocycles. The molecule has 0 saturated carbocycles. The van der Waals surface area contributed by atoms with Gasteiger partial charge in [0.15, 0.2) is 17.3 Å². The molecule has 0 aliphatic carbocycles. The third-order valence-electron chi connectivity index (χ3n) is 3.75. The Balaban J connectivity index is 2.29. The molecule has 0 saturated heterocycles. The monoisotopic (exact) mass is 361 g/mol. The summed E-state index contributed by atoms with van der Waals surface area (Å²) in [5.41, 5.74) is 0.753. The summed E-state index contributed by atoms with van der Waals surface area (Å²) < 4.78 is 16.1. The van der Waals surface area contributed by atoms with Crippen LogP contribution >= 0.6 is 0 Å². The first-order chi connectivity index (χ1) is 12.7. The van der Waals surface area contributed by atoms with Crippen LogP contribution in [0.25, 0.3) is 0 Å². The molecule has 2 rings (SSSR count). The summed E-state index contributed by atoms with van der Waals surface area (Å²) in [7, 11) is 4.74. The van der Waals surface area contributed by atoms with Gasteiger partial charge in [0.05, 0.1) is 27.5 Å². The molecule has 1 N–H and O–H groups in total. The van der Waals surface area contributed by atoms with Crippen molar-refractivity contribution in [2.45, 2.75) is 26.7 Å². The molecule has 0 fully saturated rings. The second-order valence-electron chi connectivity index (χ2n) is 5.67. The van der Waals surface area contributed by atoms with Crippen LogP contribution in [0.3, 0.4) is 0 Å². The summed E-state index contributed by atoms with van der Waals surface area (Å²) in [5.74, 6) is 2.89. The normalized spacial score (nSPS) is 10.3. The van der Waals surface area contributed by atoms with Crippen LogP contribution in [0.15, 0.2) is 18.3 Å². The van der Waals surface area contributed by atoms with E-state index in [-0.39, 0.29) is 0 Å². The maximum atomic E-state index is 5.38. The maximum Gasteiger partial charge on any atom is 0.247 e.